The van der Waals surface area contributed by atoms with E-state index in [0.717, 1.165) is 38.9 Å². The number of rotatable bonds is 4. The van der Waals surface area contributed by atoms with Gasteiger partial charge in [-0.25, -0.2) is 4.79 Å². The number of nitrogens with zero attached hydrogens (tertiary/aromatic N) is 3. The van der Waals surface area contributed by atoms with Crippen LogP contribution in [0.2, 0.25) is 0 Å². The highest BCUT2D eigenvalue weighted by molar-refractivity contribution is 5.74. The lowest BCUT2D eigenvalue weighted by Gasteiger charge is -2.34. The monoisotopic (exact) mass is 297 g/mol. The molecule has 0 aromatic rings. The Hall–Kier alpha value is -1.30. The Kier molecular flexibility index (Phi) is 5.45. The van der Waals surface area contributed by atoms with Gasteiger partial charge in [-0.2, -0.15) is 0 Å². The third-order valence-electron chi connectivity index (χ3n) is 4.70. The van der Waals surface area contributed by atoms with Gasteiger partial charge < -0.3 is 19.8 Å². The first-order valence-electron chi connectivity index (χ1n) is 7.86. The molecule has 2 rings (SSSR count). The molecule has 0 aromatic heterocycles. The first-order valence-corrected chi connectivity index (χ1v) is 7.86. The molecule has 21 heavy (non-hydrogen) atoms. The second-order valence-electron chi connectivity index (χ2n) is 6.61. The standard InChI is InChI=1S/C15H27N3O3/c1-16-6-3-13(10-16)11-17(2)15(21)18-7-4-12(5-8-18)9-14(19)20/h12-13H,3-11H2,1-2H3,(H,19,20). The minimum atomic E-state index is -0.734. The summed E-state index contributed by atoms with van der Waals surface area (Å²) in [4.78, 5) is 29.1. The van der Waals surface area contributed by atoms with E-state index in [1.54, 1.807) is 0 Å². The molecule has 2 aliphatic rings. The van der Waals surface area contributed by atoms with Gasteiger partial charge in [-0.05, 0) is 44.7 Å². The van der Waals surface area contributed by atoms with Crippen molar-refractivity contribution in [2.75, 3.05) is 46.8 Å². The Morgan fingerprint density at radius 3 is 2.29 bits per heavy atom. The van der Waals surface area contributed by atoms with Crippen molar-refractivity contribution in [3.05, 3.63) is 0 Å². The second-order valence-corrected chi connectivity index (χ2v) is 6.61. The van der Waals surface area contributed by atoms with Crippen LogP contribution in [0.4, 0.5) is 4.79 Å². The largest absolute Gasteiger partial charge is 0.481 e. The third-order valence-corrected chi connectivity index (χ3v) is 4.70. The van der Waals surface area contributed by atoms with Crippen molar-refractivity contribution in [3.8, 4) is 0 Å². The highest BCUT2D eigenvalue weighted by Crippen LogP contribution is 2.22. The van der Waals surface area contributed by atoms with Crippen molar-refractivity contribution in [1.29, 1.82) is 0 Å². The van der Waals surface area contributed by atoms with E-state index >= 15 is 0 Å². The van der Waals surface area contributed by atoms with Crippen molar-refractivity contribution >= 4 is 12.0 Å². The van der Waals surface area contributed by atoms with Gasteiger partial charge >= 0.3 is 12.0 Å². The van der Waals surface area contributed by atoms with Gasteiger partial charge in [0.25, 0.3) is 0 Å². The van der Waals surface area contributed by atoms with Crippen molar-refractivity contribution in [1.82, 2.24) is 14.7 Å². The minimum absolute atomic E-state index is 0.0957. The number of likely N-dealkylation sites (tertiary alicyclic amines) is 2. The maximum absolute atomic E-state index is 12.4. The normalized spacial score (nSPS) is 24.3. The highest BCUT2D eigenvalue weighted by atomic mass is 16.4. The third kappa shape index (κ3) is 4.59. The molecule has 1 unspecified atom stereocenters. The first-order chi connectivity index (χ1) is 9.95. The molecule has 2 amide bonds. The van der Waals surface area contributed by atoms with Gasteiger partial charge in [-0.1, -0.05) is 0 Å². The fourth-order valence-corrected chi connectivity index (χ4v) is 3.46. The quantitative estimate of drug-likeness (QED) is 0.846. The molecule has 2 saturated heterocycles. The Balaban J connectivity index is 1.74. The summed E-state index contributed by atoms with van der Waals surface area (Å²) in [5, 5.41) is 8.82. The lowest BCUT2D eigenvalue weighted by Crippen LogP contribution is -2.46. The fourth-order valence-electron chi connectivity index (χ4n) is 3.46. The summed E-state index contributed by atoms with van der Waals surface area (Å²) in [5.41, 5.74) is 0. The van der Waals surface area contributed by atoms with Crippen molar-refractivity contribution < 1.29 is 14.7 Å². The molecule has 1 atom stereocenters. The molecule has 1 N–H and O–H groups in total. The first kappa shape index (κ1) is 16.1. The number of amides is 2. The fraction of sp³-hybridized carbons (Fsp3) is 0.867. The van der Waals surface area contributed by atoms with Gasteiger partial charge in [0.1, 0.15) is 0 Å². The number of hydrogen-bond acceptors (Lipinski definition) is 3. The number of carboxylic acid groups (broad SMARTS) is 1. The van der Waals surface area contributed by atoms with Crippen LogP contribution in [0.3, 0.4) is 0 Å². The molecule has 6 heteroatoms. The van der Waals surface area contributed by atoms with E-state index in [4.69, 9.17) is 5.11 Å². The number of carbonyl (C=O) groups is 2. The molecule has 6 nitrogen and oxygen atoms in total. The summed E-state index contributed by atoms with van der Waals surface area (Å²) in [6.45, 7) is 4.38. The topological polar surface area (TPSA) is 64.1 Å². The van der Waals surface area contributed by atoms with Crippen LogP contribution in [-0.4, -0.2) is 78.6 Å². The van der Waals surface area contributed by atoms with Crippen LogP contribution in [0.5, 0.6) is 0 Å². The molecule has 2 heterocycles. The van der Waals surface area contributed by atoms with Crippen molar-refractivity contribution in [2.24, 2.45) is 11.8 Å². The summed E-state index contributed by atoms with van der Waals surface area (Å²) in [7, 11) is 4.00. The minimum Gasteiger partial charge on any atom is -0.481 e. The number of carbonyl (C=O) groups excluding carboxylic acids is 1. The molecule has 2 aliphatic heterocycles. The van der Waals surface area contributed by atoms with Crippen LogP contribution in [0.1, 0.15) is 25.7 Å². The van der Waals surface area contributed by atoms with Crippen molar-refractivity contribution in [3.63, 3.8) is 0 Å². The number of carboxylic acids is 1. The zero-order valence-electron chi connectivity index (χ0n) is 13.1. The molecule has 0 radical (unpaired) electrons. The smallest absolute Gasteiger partial charge is 0.319 e. The molecule has 0 bridgehead atoms. The van der Waals surface area contributed by atoms with Gasteiger partial charge in [0.15, 0.2) is 0 Å². The molecule has 0 saturated carbocycles. The zero-order chi connectivity index (χ0) is 15.4. The van der Waals surface area contributed by atoms with E-state index in [1.807, 2.05) is 16.8 Å². The molecule has 120 valence electrons. The number of aliphatic carboxylic acids is 1. The Morgan fingerprint density at radius 1 is 1.14 bits per heavy atom. The van der Waals surface area contributed by atoms with E-state index in [0.29, 0.717) is 19.0 Å². The average Bonchev–Trinajstić information content (AvgIpc) is 2.83. The summed E-state index contributed by atoms with van der Waals surface area (Å²) in [6.07, 6.45) is 3.00. The maximum atomic E-state index is 12.4. The highest BCUT2D eigenvalue weighted by Gasteiger charge is 2.28. The van der Waals surface area contributed by atoms with Crippen LogP contribution < -0.4 is 0 Å². The van der Waals surface area contributed by atoms with E-state index in [9.17, 15) is 9.59 Å². The van der Waals surface area contributed by atoms with Crippen LogP contribution in [0.25, 0.3) is 0 Å². The maximum Gasteiger partial charge on any atom is 0.319 e. The average molecular weight is 297 g/mol. The summed E-state index contributed by atoms with van der Waals surface area (Å²) >= 11 is 0. The van der Waals surface area contributed by atoms with Crippen LogP contribution in [0.15, 0.2) is 0 Å². The number of hydrogen-bond donors (Lipinski definition) is 1. The van der Waals surface area contributed by atoms with Gasteiger partial charge in [0, 0.05) is 39.6 Å². The van der Waals surface area contributed by atoms with Crippen LogP contribution in [-0.2, 0) is 4.79 Å². The second kappa shape index (κ2) is 7.11. The Labute approximate surface area is 126 Å². The lowest BCUT2D eigenvalue weighted by molar-refractivity contribution is -0.138. The number of urea groups is 1. The summed E-state index contributed by atoms with van der Waals surface area (Å²) < 4.78 is 0. The van der Waals surface area contributed by atoms with Crippen molar-refractivity contribution in [2.45, 2.75) is 25.7 Å². The summed E-state index contributed by atoms with van der Waals surface area (Å²) in [6, 6.07) is 0.0957. The molecule has 0 spiro atoms. The van der Waals surface area contributed by atoms with Gasteiger partial charge in [0.05, 0.1) is 0 Å². The van der Waals surface area contributed by atoms with E-state index in [2.05, 4.69) is 11.9 Å². The van der Waals surface area contributed by atoms with Gasteiger partial charge in [0.2, 0.25) is 0 Å². The predicted molar refractivity (Wildman–Crippen MR) is 80.2 cm³/mol. The van der Waals surface area contributed by atoms with E-state index in [1.165, 1.54) is 0 Å². The van der Waals surface area contributed by atoms with E-state index in [-0.39, 0.29) is 18.4 Å². The van der Waals surface area contributed by atoms with E-state index < -0.39 is 5.97 Å². The lowest BCUT2D eigenvalue weighted by atomic mass is 9.94. The Morgan fingerprint density at radius 2 is 1.76 bits per heavy atom. The summed E-state index contributed by atoms with van der Waals surface area (Å²) in [5.74, 6) is 0.0658. The zero-order valence-corrected chi connectivity index (χ0v) is 13.1. The predicted octanol–water partition coefficient (Wildman–Crippen LogP) is 1.18. The molecular weight excluding hydrogens is 270 g/mol. The molecular formula is C15H27N3O3. The SMILES string of the molecule is CN1CCC(CN(C)C(=O)N2CCC(CC(=O)O)CC2)C1. The van der Waals surface area contributed by atoms with Crippen LogP contribution in [0, 0.1) is 11.8 Å². The Bertz CT molecular complexity index is 380. The number of piperidine rings is 1. The molecule has 2 fully saturated rings. The molecule has 0 aliphatic carbocycles. The molecule has 0 aromatic carbocycles. The van der Waals surface area contributed by atoms with Gasteiger partial charge in [-0.3, -0.25) is 4.79 Å². The van der Waals surface area contributed by atoms with Crippen LogP contribution >= 0.6 is 0 Å². The van der Waals surface area contributed by atoms with Gasteiger partial charge in [-0.15, -0.1) is 0 Å².